The number of hydrogen-bond acceptors (Lipinski definition) is 3. The molecule has 0 unspecified atom stereocenters. The Balaban J connectivity index is 1.93. The minimum absolute atomic E-state index is 0.411. The van der Waals surface area contributed by atoms with Gasteiger partial charge in [-0.15, -0.1) is 6.42 Å². The number of terminal acetylenes is 1. The summed E-state index contributed by atoms with van der Waals surface area (Å²) in [4.78, 5) is 6.51. The van der Waals surface area contributed by atoms with Crippen molar-refractivity contribution in [2.75, 3.05) is 18.0 Å². The molecule has 0 spiro atoms. The first kappa shape index (κ1) is 9.95. The van der Waals surface area contributed by atoms with Gasteiger partial charge in [0.05, 0.1) is 17.4 Å². The van der Waals surface area contributed by atoms with Crippen LogP contribution in [-0.2, 0) is 0 Å². The third-order valence-corrected chi connectivity index (χ3v) is 3.67. The maximum atomic E-state index is 5.90. The minimum Gasteiger partial charge on any atom is -0.364 e. The molecule has 0 aromatic carbocycles. The van der Waals surface area contributed by atoms with Crippen molar-refractivity contribution in [3.8, 4) is 12.3 Å². The van der Waals surface area contributed by atoms with Gasteiger partial charge in [0.1, 0.15) is 5.15 Å². The first-order valence-electron chi connectivity index (χ1n) is 5.40. The fourth-order valence-corrected chi connectivity index (χ4v) is 2.73. The molecule has 2 bridgehead atoms. The van der Waals surface area contributed by atoms with E-state index in [4.69, 9.17) is 18.0 Å². The monoisotopic (exact) mass is 233 g/mol. The quantitative estimate of drug-likeness (QED) is 0.585. The summed E-state index contributed by atoms with van der Waals surface area (Å²) in [6, 6.07) is 3.16. The maximum Gasteiger partial charge on any atom is 0.144 e. The van der Waals surface area contributed by atoms with Crippen LogP contribution in [0.15, 0.2) is 12.3 Å². The van der Waals surface area contributed by atoms with Gasteiger partial charge in [-0.2, -0.15) is 0 Å². The number of pyridine rings is 1. The first-order chi connectivity index (χ1) is 7.78. The first-order valence-corrected chi connectivity index (χ1v) is 5.78. The Labute approximate surface area is 99.8 Å². The number of anilines is 1. The van der Waals surface area contributed by atoms with Crippen LogP contribution in [0.4, 0.5) is 5.69 Å². The molecular weight excluding hydrogens is 222 g/mol. The zero-order chi connectivity index (χ0) is 11.1. The van der Waals surface area contributed by atoms with E-state index in [2.05, 4.69) is 21.1 Å². The van der Waals surface area contributed by atoms with Gasteiger partial charge in [0.15, 0.2) is 0 Å². The van der Waals surface area contributed by atoms with Crippen molar-refractivity contribution in [2.45, 2.75) is 18.5 Å². The van der Waals surface area contributed by atoms with Crippen LogP contribution in [0.5, 0.6) is 0 Å². The number of fused-ring (bicyclic) bond motifs is 2. The van der Waals surface area contributed by atoms with Gasteiger partial charge in [0.25, 0.3) is 0 Å². The molecule has 1 aromatic heterocycles. The van der Waals surface area contributed by atoms with E-state index in [1.54, 1.807) is 0 Å². The molecule has 0 saturated carbocycles. The lowest BCUT2D eigenvalue weighted by atomic mass is 10.2. The topological polar surface area (TPSA) is 28.2 Å². The Kier molecular flexibility index (Phi) is 2.27. The zero-order valence-corrected chi connectivity index (χ0v) is 9.54. The number of rotatable bonds is 1. The molecule has 2 fully saturated rings. The van der Waals surface area contributed by atoms with Crippen molar-refractivity contribution in [2.24, 2.45) is 0 Å². The lowest BCUT2D eigenvalue weighted by Gasteiger charge is -2.29. The zero-order valence-electron chi connectivity index (χ0n) is 8.78. The lowest BCUT2D eigenvalue weighted by Crippen LogP contribution is -2.43. The highest BCUT2D eigenvalue weighted by atomic mass is 35.5. The fraction of sp³-hybridized carbons (Fsp3) is 0.417. The van der Waals surface area contributed by atoms with Gasteiger partial charge < -0.3 is 10.2 Å². The second-order valence-electron chi connectivity index (χ2n) is 4.32. The SMILES string of the molecule is C#Cc1cc(N2C[C@H]3C[C@@H]2CN3)cnc1Cl. The summed E-state index contributed by atoms with van der Waals surface area (Å²) in [5.74, 6) is 2.57. The second kappa shape index (κ2) is 3.65. The third-order valence-electron chi connectivity index (χ3n) is 3.37. The van der Waals surface area contributed by atoms with Crippen molar-refractivity contribution in [1.29, 1.82) is 0 Å². The molecule has 16 heavy (non-hydrogen) atoms. The van der Waals surface area contributed by atoms with Crippen LogP contribution in [0, 0.1) is 12.3 Å². The highest BCUT2D eigenvalue weighted by Gasteiger charge is 2.37. The molecule has 3 rings (SSSR count). The van der Waals surface area contributed by atoms with Crippen molar-refractivity contribution < 1.29 is 0 Å². The Hall–Kier alpha value is -1.24. The Morgan fingerprint density at radius 3 is 3.12 bits per heavy atom. The molecular formula is C12H12ClN3. The van der Waals surface area contributed by atoms with Crippen molar-refractivity contribution in [1.82, 2.24) is 10.3 Å². The molecule has 0 radical (unpaired) electrons. The predicted octanol–water partition coefficient (Wildman–Crippen LogP) is 1.27. The summed E-state index contributed by atoms with van der Waals surface area (Å²) in [7, 11) is 0. The van der Waals surface area contributed by atoms with Gasteiger partial charge in [0.2, 0.25) is 0 Å². The van der Waals surface area contributed by atoms with Crippen molar-refractivity contribution >= 4 is 17.3 Å². The van der Waals surface area contributed by atoms with Crippen molar-refractivity contribution in [3.05, 3.63) is 23.0 Å². The predicted molar refractivity (Wildman–Crippen MR) is 64.7 cm³/mol. The summed E-state index contributed by atoms with van der Waals surface area (Å²) in [5, 5.41) is 3.88. The van der Waals surface area contributed by atoms with Crippen LogP contribution >= 0.6 is 11.6 Å². The van der Waals surface area contributed by atoms with Crippen LogP contribution in [0.25, 0.3) is 0 Å². The third kappa shape index (κ3) is 1.46. The smallest absolute Gasteiger partial charge is 0.144 e. The molecule has 0 aliphatic carbocycles. The summed E-state index contributed by atoms with van der Waals surface area (Å²) in [5.41, 5.74) is 1.77. The van der Waals surface area contributed by atoms with E-state index in [0.29, 0.717) is 22.8 Å². The van der Waals surface area contributed by atoms with Crippen LogP contribution in [0.1, 0.15) is 12.0 Å². The molecule has 2 aliphatic heterocycles. The molecule has 2 atom stereocenters. The molecule has 82 valence electrons. The highest BCUT2D eigenvalue weighted by molar-refractivity contribution is 6.30. The van der Waals surface area contributed by atoms with E-state index in [0.717, 1.165) is 18.8 Å². The van der Waals surface area contributed by atoms with Crippen LogP contribution < -0.4 is 10.2 Å². The average Bonchev–Trinajstić information content (AvgIpc) is 2.91. The van der Waals surface area contributed by atoms with E-state index in [1.807, 2.05) is 12.3 Å². The molecule has 0 amide bonds. The largest absolute Gasteiger partial charge is 0.364 e. The van der Waals surface area contributed by atoms with Crippen LogP contribution in [0.2, 0.25) is 5.15 Å². The summed E-state index contributed by atoms with van der Waals surface area (Å²) in [6.45, 7) is 2.09. The van der Waals surface area contributed by atoms with Gasteiger partial charge in [-0.25, -0.2) is 4.98 Å². The molecule has 4 heteroatoms. The number of halogens is 1. The number of nitrogens with one attached hydrogen (secondary N) is 1. The van der Waals surface area contributed by atoms with E-state index >= 15 is 0 Å². The number of nitrogens with zero attached hydrogens (tertiary/aromatic N) is 2. The van der Waals surface area contributed by atoms with Gasteiger partial charge in [-0.3, -0.25) is 0 Å². The summed E-state index contributed by atoms with van der Waals surface area (Å²) in [6.07, 6.45) is 8.41. The average molecular weight is 234 g/mol. The normalized spacial score (nSPS) is 27.1. The molecule has 2 saturated heterocycles. The van der Waals surface area contributed by atoms with E-state index < -0.39 is 0 Å². The lowest BCUT2D eigenvalue weighted by molar-refractivity contribution is 0.579. The summed E-state index contributed by atoms with van der Waals surface area (Å²) >= 11 is 5.90. The Morgan fingerprint density at radius 2 is 2.50 bits per heavy atom. The highest BCUT2D eigenvalue weighted by Crippen LogP contribution is 2.30. The van der Waals surface area contributed by atoms with Crippen molar-refractivity contribution in [3.63, 3.8) is 0 Å². The Morgan fingerprint density at radius 1 is 1.62 bits per heavy atom. The van der Waals surface area contributed by atoms with Crippen LogP contribution in [-0.4, -0.2) is 30.2 Å². The fourth-order valence-electron chi connectivity index (χ4n) is 2.57. The van der Waals surface area contributed by atoms with Gasteiger partial charge in [-0.05, 0) is 12.5 Å². The second-order valence-corrected chi connectivity index (χ2v) is 4.68. The van der Waals surface area contributed by atoms with Gasteiger partial charge >= 0.3 is 0 Å². The molecule has 3 heterocycles. The van der Waals surface area contributed by atoms with E-state index in [9.17, 15) is 0 Å². The number of aromatic nitrogens is 1. The Bertz CT molecular complexity index is 466. The van der Waals surface area contributed by atoms with Crippen LogP contribution in [0.3, 0.4) is 0 Å². The standard InChI is InChI=1S/C12H12ClN3/c1-2-8-3-10(6-15-12(8)13)16-7-9-4-11(16)5-14-9/h1,3,6,9,11,14H,4-5,7H2/t9-,11-/m1/s1. The van der Waals surface area contributed by atoms with Gasteiger partial charge in [0, 0.05) is 25.2 Å². The van der Waals surface area contributed by atoms with Gasteiger partial charge in [-0.1, -0.05) is 17.5 Å². The molecule has 3 nitrogen and oxygen atoms in total. The molecule has 1 aromatic rings. The van der Waals surface area contributed by atoms with E-state index in [-0.39, 0.29) is 0 Å². The molecule has 2 aliphatic rings. The maximum absolute atomic E-state index is 5.90. The van der Waals surface area contributed by atoms with E-state index in [1.165, 1.54) is 6.42 Å². The number of hydrogen-bond donors (Lipinski definition) is 1. The number of piperazine rings is 1. The molecule has 1 N–H and O–H groups in total. The minimum atomic E-state index is 0.411. The summed E-state index contributed by atoms with van der Waals surface area (Å²) < 4.78 is 0.